The molecule has 1 aliphatic rings. The van der Waals surface area contributed by atoms with Crippen LogP contribution in [-0.4, -0.2) is 36.2 Å². The summed E-state index contributed by atoms with van der Waals surface area (Å²) in [7, 11) is 1.70. The van der Waals surface area contributed by atoms with Crippen molar-refractivity contribution in [3.63, 3.8) is 0 Å². The Morgan fingerprint density at radius 3 is 2.67 bits per heavy atom. The Hall–Kier alpha value is -4.28. The lowest BCUT2D eigenvalue weighted by Crippen LogP contribution is -2.13. The van der Waals surface area contributed by atoms with Crippen molar-refractivity contribution in [3.8, 4) is 11.6 Å². The summed E-state index contributed by atoms with van der Waals surface area (Å²) in [5.41, 5.74) is 1.38. The molecule has 0 radical (unpaired) electrons. The molecule has 33 heavy (non-hydrogen) atoms. The molecule has 3 aromatic heterocycles. The Morgan fingerprint density at radius 1 is 1.12 bits per heavy atom. The van der Waals surface area contributed by atoms with E-state index >= 15 is 0 Å². The molecule has 0 atom stereocenters. The topological polar surface area (TPSA) is 115 Å². The zero-order valence-corrected chi connectivity index (χ0v) is 17.9. The first-order valence-corrected chi connectivity index (χ1v) is 10.3. The van der Waals surface area contributed by atoms with Crippen molar-refractivity contribution in [2.24, 2.45) is 13.0 Å². The van der Waals surface area contributed by atoms with E-state index < -0.39 is 11.7 Å². The van der Waals surface area contributed by atoms with Gasteiger partial charge in [-0.3, -0.25) is 14.3 Å². The number of anilines is 2. The van der Waals surface area contributed by atoms with Gasteiger partial charge in [0, 0.05) is 31.3 Å². The van der Waals surface area contributed by atoms with E-state index in [1.54, 1.807) is 38.5 Å². The smallest absolute Gasteiger partial charge is 0.259 e. The minimum absolute atomic E-state index is 0.0328. The number of hydrogen-bond donors (Lipinski definition) is 2. The fraction of sp³-hybridized carbons (Fsp3) is 0.227. The summed E-state index contributed by atoms with van der Waals surface area (Å²) < 4.78 is 23.1. The van der Waals surface area contributed by atoms with Gasteiger partial charge in [0.15, 0.2) is 11.5 Å². The van der Waals surface area contributed by atoms with Gasteiger partial charge < -0.3 is 15.4 Å². The number of carbonyl (C=O) groups is 2. The highest BCUT2D eigenvalue weighted by Crippen LogP contribution is 2.30. The number of benzene rings is 1. The van der Waals surface area contributed by atoms with E-state index in [0.29, 0.717) is 22.7 Å². The van der Waals surface area contributed by atoms with Crippen LogP contribution in [0, 0.1) is 18.7 Å². The predicted octanol–water partition coefficient (Wildman–Crippen LogP) is 3.30. The molecule has 3 heterocycles. The fourth-order valence-corrected chi connectivity index (χ4v) is 3.35. The summed E-state index contributed by atoms with van der Waals surface area (Å²) in [5, 5.41) is 13.8. The number of fused-ring (bicyclic) bond motifs is 1. The van der Waals surface area contributed by atoms with Crippen LogP contribution >= 0.6 is 0 Å². The van der Waals surface area contributed by atoms with Crippen LogP contribution in [0.3, 0.4) is 0 Å². The SMILES string of the molecule is Cc1nn(C)cc1C(=O)Nc1cc(Oc2ccc3nc(NC(=O)C4CC4)cn3n2)ccc1F. The largest absolute Gasteiger partial charge is 0.438 e. The highest BCUT2D eigenvalue weighted by atomic mass is 19.1. The summed E-state index contributed by atoms with van der Waals surface area (Å²) in [6.45, 7) is 1.70. The Bertz CT molecular complexity index is 1390. The third kappa shape index (κ3) is 4.38. The lowest BCUT2D eigenvalue weighted by Gasteiger charge is -2.09. The number of halogens is 1. The summed E-state index contributed by atoms with van der Waals surface area (Å²) >= 11 is 0. The molecule has 168 valence electrons. The fourth-order valence-electron chi connectivity index (χ4n) is 3.35. The van der Waals surface area contributed by atoms with Gasteiger partial charge in [-0.25, -0.2) is 13.9 Å². The number of imidazole rings is 1. The summed E-state index contributed by atoms with van der Waals surface area (Å²) in [6, 6.07) is 7.30. The monoisotopic (exact) mass is 449 g/mol. The van der Waals surface area contributed by atoms with Crippen molar-refractivity contribution in [1.29, 1.82) is 0 Å². The average Bonchev–Trinajstić information content (AvgIpc) is 3.46. The van der Waals surface area contributed by atoms with Gasteiger partial charge in [0.25, 0.3) is 5.91 Å². The quantitative estimate of drug-likeness (QED) is 0.467. The molecule has 5 rings (SSSR count). The maximum Gasteiger partial charge on any atom is 0.259 e. The zero-order chi connectivity index (χ0) is 23.1. The van der Waals surface area contributed by atoms with E-state index in [0.717, 1.165) is 12.8 Å². The van der Waals surface area contributed by atoms with Gasteiger partial charge in [-0.05, 0) is 38.0 Å². The molecule has 4 aromatic rings. The lowest BCUT2D eigenvalue weighted by atomic mass is 10.2. The molecule has 2 amide bonds. The van der Waals surface area contributed by atoms with Gasteiger partial charge in [0.2, 0.25) is 11.8 Å². The van der Waals surface area contributed by atoms with E-state index in [-0.39, 0.29) is 29.1 Å². The third-order valence-electron chi connectivity index (χ3n) is 5.16. The minimum atomic E-state index is -0.605. The first-order valence-electron chi connectivity index (χ1n) is 10.3. The standard InChI is InChI=1S/C22H20FN7O3/c1-12-15(10-29(2)27-12)22(32)24-17-9-14(5-6-16(17)23)33-20-8-7-19-25-18(11-30(19)28-20)26-21(31)13-3-4-13/h5-11,13H,3-4H2,1-2H3,(H,24,32)(H,26,31). The second kappa shape index (κ2) is 8.01. The Morgan fingerprint density at radius 2 is 1.94 bits per heavy atom. The van der Waals surface area contributed by atoms with Crippen molar-refractivity contribution in [2.75, 3.05) is 10.6 Å². The number of carbonyl (C=O) groups excluding carboxylic acids is 2. The van der Waals surface area contributed by atoms with Crippen LogP contribution < -0.4 is 15.4 Å². The lowest BCUT2D eigenvalue weighted by molar-refractivity contribution is -0.117. The van der Waals surface area contributed by atoms with Gasteiger partial charge in [0.05, 0.1) is 23.1 Å². The summed E-state index contributed by atoms with van der Waals surface area (Å²) in [4.78, 5) is 28.8. The highest BCUT2D eigenvalue weighted by molar-refractivity contribution is 6.05. The number of aryl methyl sites for hydroxylation is 2. The molecule has 1 saturated carbocycles. The number of nitrogens with one attached hydrogen (secondary N) is 2. The number of nitrogens with zero attached hydrogens (tertiary/aromatic N) is 5. The third-order valence-corrected chi connectivity index (χ3v) is 5.16. The van der Waals surface area contributed by atoms with Crippen molar-refractivity contribution in [1.82, 2.24) is 24.4 Å². The zero-order valence-electron chi connectivity index (χ0n) is 17.9. The van der Waals surface area contributed by atoms with Gasteiger partial charge in [-0.2, -0.15) is 5.10 Å². The second-order valence-corrected chi connectivity index (χ2v) is 7.86. The number of amides is 2. The van der Waals surface area contributed by atoms with Gasteiger partial charge in [-0.15, -0.1) is 5.10 Å². The van der Waals surface area contributed by atoms with Crippen LogP contribution in [0.1, 0.15) is 28.9 Å². The van der Waals surface area contributed by atoms with E-state index in [9.17, 15) is 14.0 Å². The summed E-state index contributed by atoms with van der Waals surface area (Å²) in [5.74, 6) is -0.138. The van der Waals surface area contributed by atoms with Crippen LogP contribution in [0.15, 0.2) is 42.7 Å². The van der Waals surface area contributed by atoms with Crippen molar-refractivity contribution in [3.05, 3.63) is 59.8 Å². The van der Waals surface area contributed by atoms with Crippen LogP contribution in [0.5, 0.6) is 11.6 Å². The van der Waals surface area contributed by atoms with E-state index in [1.807, 2.05) is 0 Å². The first kappa shape index (κ1) is 20.6. The molecule has 0 unspecified atom stereocenters. The van der Waals surface area contributed by atoms with E-state index in [4.69, 9.17) is 4.74 Å². The average molecular weight is 449 g/mol. The predicted molar refractivity (Wildman–Crippen MR) is 117 cm³/mol. The maximum atomic E-state index is 14.3. The highest BCUT2D eigenvalue weighted by Gasteiger charge is 2.30. The Balaban J connectivity index is 1.32. The molecule has 0 spiro atoms. The van der Waals surface area contributed by atoms with Gasteiger partial charge in [-0.1, -0.05) is 0 Å². The number of ether oxygens (including phenoxy) is 1. The minimum Gasteiger partial charge on any atom is -0.438 e. The van der Waals surface area contributed by atoms with Gasteiger partial charge in [0.1, 0.15) is 11.6 Å². The Kier molecular flexibility index (Phi) is 5.00. The summed E-state index contributed by atoms with van der Waals surface area (Å²) in [6.07, 6.45) is 4.96. The van der Waals surface area contributed by atoms with Crippen molar-refractivity contribution >= 4 is 29.0 Å². The molecule has 1 fully saturated rings. The molecule has 0 bridgehead atoms. The van der Waals surface area contributed by atoms with E-state index in [1.165, 1.54) is 27.4 Å². The molecule has 0 saturated heterocycles. The van der Waals surface area contributed by atoms with Gasteiger partial charge >= 0.3 is 0 Å². The number of rotatable bonds is 6. The van der Waals surface area contributed by atoms with Crippen LogP contribution in [0.25, 0.3) is 5.65 Å². The normalized spacial score (nSPS) is 13.2. The van der Waals surface area contributed by atoms with Crippen LogP contribution in [0.4, 0.5) is 15.9 Å². The molecular weight excluding hydrogens is 429 g/mol. The second-order valence-electron chi connectivity index (χ2n) is 7.86. The molecule has 2 N–H and O–H groups in total. The molecule has 11 heteroatoms. The van der Waals surface area contributed by atoms with Crippen molar-refractivity contribution < 1.29 is 18.7 Å². The first-order chi connectivity index (χ1) is 15.9. The van der Waals surface area contributed by atoms with E-state index in [2.05, 4.69) is 25.8 Å². The molecule has 10 nitrogen and oxygen atoms in total. The van der Waals surface area contributed by atoms with Crippen molar-refractivity contribution in [2.45, 2.75) is 19.8 Å². The molecular formula is C22H20FN7O3. The molecule has 1 aromatic carbocycles. The molecule has 0 aliphatic heterocycles. The molecule has 1 aliphatic carbocycles. The van der Waals surface area contributed by atoms with Crippen LogP contribution in [-0.2, 0) is 11.8 Å². The van der Waals surface area contributed by atoms with Crippen LogP contribution in [0.2, 0.25) is 0 Å². The maximum absolute atomic E-state index is 14.3. The number of aromatic nitrogens is 5. The Labute approximate surface area is 187 Å². The number of hydrogen-bond acceptors (Lipinski definition) is 6.